The van der Waals surface area contributed by atoms with Crippen LogP contribution in [0.5, 0.6) is 0 Å². The molecule has 1 fully saturated rings. The van der Waals surface area contributed by atoms with Gasteiger partial charge in [-0.3, -0.25) is 4.79 Å². The van der Waals surface area contributed by atoms with Crippen LogP contribution in [-0.4, -0.2) is 35.3 Å². The van der Waals surface area contributed by atoms with E-state index in [2.05, 4.69) is 15.7 Å². The molecule has 1 atom stereocenters. The normalized spacial score (nSPS) is 17.2. The summed E-state index contributed by atoms with van der Waals surface area (Å²) < 4.78 is 1.89. The van der Waals surface area contributed by atoms with Crippen molar-refractivity contribution in [2.45, 2.75) is 26.7 Å². The molecule has 1 aliphatic heterocycles. The van der Waals surface area contributed by atoms with Crippen LogP contribution in [0.15, 0.2) is 30.3 Å². The van der Waals surface area contributed by atoms with Crippen LogP contribution in [-0.2, 0) is 0 Å². The first-order valence-electron chi connectivity index (χ1n) is 8.26. The van der Waals surface area contributed by atoms with Crippen molar-refractivity contribution in [1.29, 1.82) is 0 Å². The van der Waals surface area contributed by atoms with Crippen LogP contribution in [0.2, 0.25) is 0 Å². The Labute approximate surface area is 149 Å². The zero-order valence-electron chi connectivity index (χ0n) is 14.2. The third-order valence-electron chi connectivity index (χ3n) is 4.33. The lowest BCUT2D eigenvalue weighted by molar-refractivity contribution is 0.0945. The van der Waals surface area contributed by atoms with Gasteiger partial charge in [-0.25, -0.2) is 4.68 Å². The highest BCUT2D eigenvalue weighted by atomic mass is 35.5. The molecule has 1 unspecified atom stereocenters. The molecular weight excluding hydrogens is 324 g/mol. The van der Waals surface area contributed by atoms with Gasteiger partial charge >= 0.3 is 0 Å². The Morgan fingerprint density at radius 3 is 2.67 bits per heavy atom. The van der Waals surface area contributed by atoms with Crippen LogP contribution < -0.4 is 10.6 Å². The number of benzene rings is 1. The van der Waals surface area contributed by atoms with Gasteiger partial charge in [0.2, 0.25) is 0 Å². The third kappa shape index (κ3) is 4.36. The summed E-state index contributed by atoms with van der Waals surface area (Å²) in [5.74, 6) is 0.539. The van der Waals surface area contributed by atoms with Crippen molar-refractivity contribution in [3.8, 4) is 5.69 Å². The Bertz CT molecular complexity index is 675. The molecule has 1 aromatic carbocycles. The van der Waals surface area contributed by atoms with E-state index in [-0.39, 0.29) is 18.3 Å². The molecule has 2 aromatic rings. The lowest BCUT2D eigenvalue weighted by Gasteiger charge is -2.22. The van der Waals surface area contributed by atoms with E-state index in [1.54, 1.807) is 0 Å². The molecule has 130 valence electrons. The molecule has 0 aliphatic carbocycles. The Kier molecular flexibility index (Phi) is 6.40. The minimum Gasteiger partial charge on any atom is -0.352 e. The molecule has 2 heterocycles. The number of carbonyl (C=O) groups excluding carboxylic acids is 1. The zero-order valence-corrected chi connectivity index (χ0v) is 15.0. The summed E-state index contributed by atoms with van der Waals surface area (Å²) in [5.41, 5.74) is 3.75. The highest BCUT2D eigenvalue weighted by Crippen LogP contribution is 2.13. The summed E-state index contributed by atoms with van der Waals surface area (Å²) in [7, 11) is 0. The molecule has 5 nitrogen and oxygen atoms in total. The fourth-order valence-electron chi connectivity index (χ4n) is 3.08. The number of piperidine rings is 1. The van der Waals surface area contributed by atoms with E-state index in [0.717, 1.165) is 36.7 Å². The number of carbonyl (C=O) groups is 1. The Morgan fingerprint density at radius 2 is 2.08 bits per heavy atom. The monoisotopic (exact) mass is 348 g/mol. The van der Waals surface area contributed by atoms with Gasteiger partial charge in [0.05, 0.1) is 11.4 Å². The molecule has 0 saturated carbocycles. The van der Waals surface area contributed by atoms with Crippen LogP contribution in [0.4, 0.5) is 0 Å². The maximum absolute atomic E-state index is 12.3. The minimum absolute atomic E-state index is 0. The van der Waals surface area contributed by atoms with Gasteiger partial charge in [0, 0.05) is 17.8 Å². The highest BCUT2D eigenvalue weighted by Gasteiger charge is 2.14. The molecule has 24 heavy (non-hydrogen) atoms. The largest absolute Gasteiger partial charge is 0.352 e. The van der Waals surface area contributed by atoms with Gasteiger partial charge in [0.1, 0.15) is 0 Å². The average molecular weight is 349 g/mol. The fourth-order valence-corrected chi connectivity index (χ4v) is 3.08. The fraction of sp³-hybridized carbons (Fsp3) is 0.444. The number of nitrogens with zero attached hydrogens (tertiary/aromatic N) is 2. The predicted molar refractivity (Wildman–Crippen MR) is 98.2 cm³/mol. The van der Waals surface area contributed by atoms with E-state index in [9.17, 15) is 4.79 Å². The van der Waals surface area contributed by atoms with Crippen LogP contribution in [0.3, 0.4) is 0 Å². The van der Waals surface area contributed by atoms with E-state index in [1.165, 1.54) is 12.8 Å². The van der Waals surface area contributed by atoms with Crippen LogP contribution in [0, 0.1) is 19.8 Å². The Hall–Kier alpha value is -1.85. The molecule has 2 N–H and O–H groups in total. The topological polar surface area (TPSA) is 59.0 Å². The first-order chi connectivity index (χ1) is 11.1. The number of hydrogen-bond acceptors (Lipinski definition) is 3. The number of hydrogen-bond donors (Lipinski definition) is 2. The van der Waals surface area contributed by atoms with Crippen molar-refractivity contribution in [1.82, 2.24) is 20.4 Å². The van der Waals surface area contributed by atoms with Gasteiger partial charge in [0.25, 0.3) is 5.91 Å². The van der Waals surface area contributed by atoms with E-state index >= 15 is 0 Å². The number of rotatable bonds is 4. The predicted octanol–water partition coefficient (Wildman–Crippen LogP) is 2.64. The number of aromatic nitrogens is 2. The molecule has 6 heteroatoms. The van der Waals surface area contributed by atoms with Crippen molar-refractivity contribution < 1.29 is 4.79 Å². The van der Waals surface area contributed by atoms with Crippen LogP contribution >= 0.6 is 12.4 Å². The maximum atomic E-state index is 12.3. The van der Waals surface area contributed by atoms with Gasteiger partial charge in [0.15, 0.2) is 0 Å². The third-order valence-corrected chi connectivity index (χ3v) is 4.33. The van der Waals surface area contributed by atoms with Crippen molar-refractivity contribution >= 4 is 18.3 Å². The number of amides is 1. The van der Waals surface area contributed by atoms with Gasteiger partial charge in [-0.2, -0.15) is 5.10 Å². The molecule has 1 saturated heterocycles. The number of halogens is 1. The first-order valence-corrected chi connectivity index (χ1v) is 8.26. The van der Waals surface area contributed by atoms with E-state index in [4.69, 9.17) is 0 Å². The standard InChI is InChI=1S/C18H24N4O.ClH/c1-13-10-14(2)22(21-13)17-7-5-16(6-8-17)18(23)20-12-15-4-3-9-19-11-15;/h5-8,10,15,19H,3-4,9,11-12H2,1-2H3,(H,20,23);1H. The molecule has 3 rings (SSSR count). The number of aryl methyl sites for hydroxylation is 2. The second-order valence-corrected chi connectivity index (χ2v) is 6.31. The van der Waals surface area contributed by atoms with Crippen LogP contribution in [0.1, 0.15) is 34.6 Å². The van der Waals surface area contributed by atoms with Crippen molar-refractivity contribution in [2.75, 3.05) is 19.6 Å². The lowest BCUT2D eigenvalue weighted by Crippen LogP contribution is -2.38. The molecular formula is C18H25ClN4O. The van der Waals surface area contributed by atoms with Crippen molar-refractivity contribution in [3.05, 3.63) is 47.3 Å². The summed E-state index contributed by atoms with van der Waals surface area (Å²) in [6, 6.07) is 9.65. The first kappa shape index (κ1) is 18.5. The van der Waals surface area contributed by atoms with Crippen molar-refractivity contribution in [2.24, 2.45) is 5.92 Å². The molecule has 0 bridgehead atoms. The molecule has 1 aromatic heterocycles. The summed E-state index contributed by atoms with van der Waals surface area (Å²) in [5, 5.41) is 10.9. The van der Waals surface area contributed by atoms with E-state index in [1.807, 2.05) is 48.9 Å². The maximum Gasteiger partial charge on any atom is 0.251 e. The summed E-state index contributed by atoms with van der Waals surface area (Å²) in [6.45, 7) is 6.84. The average Bonchev–Trinajstić information content (AvgIpc) is 2.92. The van der Waals surface area contributed by atoms with Gasteiger partial charge in [-0.05, 0) is 76.0 Å². The van der Waals surface area contributed by atoms with Gasteiger partial charge in [-0.1, -0.05) is 0 Å². The smallest absolute Gasteiger partial charge is 0.251 e. The minimum atomic E-state index is -0.00417. The Morgan fingerprint density at radius 1 is 1.33 bits per heavy atom. The number of nitrogens with one attached hydrogen (secondary N) is 2. The second-order valence-electron chi connectivity index (χ2n) is 6.31. The molecule has 1 aliphatic rings. The lowest BCUT2D eigenvalue weighted by atomic mass is 9.99. The summed E-state index contributed by atoms with van der Waals surface area (Å²) >= 11 is 0. The van der Waals surface area contributed by atoms with Crippen molar-refractivity contribution in [3.63, 3.8) is 0 Å². The van der Waals surface area contributed by atoms with Crippen LogP contribution in [0.25, 0.3) is 5.69 Å². The summed E-state index contributed by atoms with van der Waals surface area (Å²) in [4.78, 5) is 12.3. The second kappa shape index (κ2) is 8.31. The molecule has 0 radical (unpaired) electrons. The molecule has 1 amide bonds. The van der Waals surface area contributed by atoms with Gasteiger partial charge in [-0.15, -0.1) is 12.4 Å². The summed E-state index contributed by atoms with van der Waals surface area (Å²) in [6.07, 6.45) is 2.38. The molecule has 0 spiro atoms. The SMILES string of the molecule is Cc1cc(C)n(-c2ccc(C(=O)NCC3CCCNC3)cc2)n1.Cl. The van der Waals surface area contributed by atoms with E-state index in [0.29, 0.717) is 11.5 Å². The highest BCUT2D eigenvalue weighted by molar-refractivity contribution is 5.94. The quantitative estimate of drug-likeness (QED) is 0.893. The zero-order chi connectivity index (χ0) is 16.2. The Balaban J connectivity index is 0.00000208. The van der Waals surface area contributed by atoms with E-state index < -0.39 is 0 Å². The van der Waals surface area contributed by atoms with Gasteiger partial charge < -0.3 is 10.6 Å².